The third-order valence-electron chi connectivity index (χ3n) is 5.66. The van der Waals surface area contributed by atoms with E-state index in [1.165, 1.54) is 6.33 Å². The minimum absolute atomic E-state index is 0.527. The van der Waals surface area contributed by atoms with Crippen molar-refractivity contribution in [1.82, 2.24) is 14.9 Å². The Hall–Kier alpha value is -4.89. The first-order chi connectivity index (χ1) is 17.3. The zero-order valence-corrected chi connectivity index (χ0v) is 19.0. The Kier molecular flexibility index (Phi) is 6.49. The van der Waals surface area contributed by atoms with E-state index < -0.39 is 0 Å². The average molecular weight is 458 g/mol. The van der Waals surface area contributed by atoms with Gasteiger partial charge >= 0.3 is 0 Å². The van der Waals surface area contributed by atoms with Crippen molar-refractivity contribution >= 4 is 5.69 Å². The van der Waals surface area contributed by atoms with Gasteiger partial charge in [-0.1, -0.05) is 72.8 Å². The predicted molar refractivity (Wildman–Crippen MR) is 135 cm³/mol. The Morgan fingerprint density at radius 3 is 2.26 bits per heavy atom. The summed E-state index contributed by atoms with van der Waals surface area (Å²) < 4.78 is 5.93. The molecule has 6 nitrogen and oxygen atoms in total. The fraction of sp³-hybridized carbons (Fsp3) is 0.0690. The SMILES string of the molecule is N#Cc1ccc(N(Cc2ccc(OCc3ccccc3)cc2)n2cncn2)cc1-c1ccccc1. The van der Waals surface area contributed by atoms with Gasteiger partial charge in [-0.3, -0.25) is 5.01 Å². The van der Waals surface area contributed by atoms with Gasteiger partial charge in [0.2, 0.25) is 0 Å². The molecule has 0 spiro atoms. The van der Waals surface area contributed by atoms with Crippen molar-refractivity contribution in [1.29, 1.82) is 5.26 Å². The van der Waals surface area contributed by atoms with Gasteiger partial charge in [-0.05, 0) is 47.0 Å². The molecule has 0 radical (unpaired) electrons. The van der Waals surface area contributed by atoms with Crippen molar-refractivity contribution < 1.29 is 4.74 Å². The van der Waals surface area contributed by atoms with Gasteiger partial charge in [-0.2, -0.15) is 10.1 Å². The summed E-state index contributed by atoms with van der Waals surface area (Å²) in [5.74, 6) is 0.814. The molecule has 6 heteroatoms. The van der Waals surface area contributed by atoms with Crippen molar-refractivity contribution in [3.8, 4) is 22.9 Å². The molecule has 0 aliphatic heterocycles. The first-order valence-electron chi connectivity index (χ1n) is 11.3. The molecule has 1 heterocycles. The summed E-state index contributed by atoms with van der Waals surface area (Å²) in [5.41, 5.74) is 5.60. The topological polar surface area (TPSA) is 67.0 Å². The summed E-state index contributed by atoms with van der Waals surface area (Å²) in [7, 11) is 0. The van der Waals surface area contributed by atoms with Crippen molar-refractivity contribution in [3.05, 3.63) is 132 Å². The molecule has 0 aliphatic rings. The Bertz CT molecular complexity index is 1410. The highest BCUT2D eigenvalue weighted by molar-refractivity contribution is 5.74. The second-order valence-corrected chi connectivity index (χ2v) is 8.00. The van der Waals surface area contributed by atoms with E-state index in [9.17, 15) is 5.26 Å². The highest BCUT2D eigenvalue weighted by Gasteiger charge is 2.14. The Balaban J connectivity index is 1.40. The maximum Gasteiger partial charge on any atom is 0.139 e. The number of hydrogen-bond donors (Lipinski definition) is 0. The van der Waals surface area contributed by atoms with E-state index in [1.54, 1.807) is 11.1 Å². The summed E-state index contributed by atoms with van der Waals surface area (Å²) in [6, 6.07) is 36.2. The van der Waals surface area contributed by atoms with Gasteiger partial charge in [0.05, 0.1) is 23.9 Å². The third-order valence-corrected chi connectivity index (χ3v) is 5.66. The van der Waals surface area contributed by atoms with Gasteiger partial charge in [0.15, 0.2) is 0 Å². The first kappa shape index (κ1) is 21.9. The van der Waals surface area contributed by atoms with Crippen LogP contribution in [-0.4, -0.2) is 14.9 Å². The molecule has 170 valence electrons. The van der Waals surface area contributed by atoms with Gasteiger partial charge in [-0.25, -0.2) is 4.98 Å². The molecule has 4 aromatic carbocycles. The molecule has 0 saturated carbocycles. The second kappa shape index (κ2) is 10.4. The largest absolute Gasteiger partial charge is 0.489 e. The predicted octanol–water partition coefficient (Wildman–Crippen LogP) is 5.87. The van der Waals surface area contributed by atoms with E-state index in [1.807, 2.05) is 108 Å². The monoisotopic (exact) mass is 457 g/mol. The summed E-state index contributed by atoms with van der Waals surface area (Å²) in [6.45, 7) is 1.08. The third kappa shape index (κ3) is 5.21. The van der Waals surface area contributed by atoms with Crippen LogP contribution in [0.1, 0.15) is 16.7 Å². The zero-order valence-electron chi connectivity index (χ0n) is 19.0. The summed E-state index contributed by atoms with van der Waals surface area (Å²) in [5, 5.41) is 16.0. The van der Waals surface area contributed by atoms with E-state index in [4.69, 9.17) is 4.74 Å². The molecular weight excluding hydrogens is 434 g/mol. The smallest absolute Gasteiger partial charge is 0.139 e. The molecule has 1 aromatic heterocycles. The minimum Gasteiger partial charge on any atom is -0.489 e. The summed E-state index contributed by atoms with van der Waals surface area (Å²) in [6.07, 6.45) is 3.17. The van der Waals surface area contributed by atoms with Crippen LogP contribution in [0.4, 0.5) is 5.69 Å². The van der Waals surface area contributed by atoms with Crippen LogP contribution in [0.2, 0.25) is 0 Å². The van der Waals surface area contributed by atoms with Gasteiger partial charge in [0, 0.05) is 5.56 Å². The van der Waals surface area contributed by atoms with Crippen molar-refractivity contribution in [2.24, 2.45) is 0 Å². The Labute approximate surface area is 204 Å². The van der Waals surface area contributed by atoms with Crippen LogP contribution in [0, 0.1) is 11.3 Å². The minimum atomic E-state index is 0.527. The van der Waals surface area contributed by atoms with E-state index in [-0.39, 0.29) is 0 Å². The lowest BCUT2D eigenvalue weighted by Crippen LogP contribution is -2.29. The van der Waals surface area contributed by atoms with Gasteiger partial charge in [0.25, 0.3) is 0 Å². The standard InChI is InChI=1S/C29H23N5O/c30-18-26-13-14-27(17-29(26)25-9-5-2-6-10-25)33(34-22-31-21-32-34)19-23-11-15-28(16-12-23)35-20-24-7-3-1-4-8-24/h1-17,21-22H,19-20H2. The van der Waals surface area contributed by atoms with Gasteiger partial charge in [0.1, 0.15) is 25.0 Å². The van der Waals surface area contributed by atoms with E-state index in [2.05, 4.69) is 16.2 Å². The molecule has 0 N–H and O–H groups in total. The molecule has 0 unspecified atom stereocenters. The van der Waals surface area contributed by atoms with E-state index in [0.29, 0.717) is 18.7 Å². The average Bonchev–Trinajstić information content (AvgIpc) is 3.47. The molecule has 35 heavy (non-hydrogen) atoms. The highest BCUT2D eigenvalue weighted by Crippen LogP contribution is 2.29. The summed E-state index contributed by atoms with van der Waals surface area (Å²) >= 11 is 0. The number of benzene rings is 4. The molecule has 0 atom stereocenters. The van der Waals surface area contributed by atoms with Crippen molar-refractivity contribution in [2.75, 3.05) is 5.01 Å². The lowest BCUT2D eigenvalue weighted by atomic mass is 9.99. The fourth-order valence-corrected chi connectivity index (χ4v) is 3.86. The molecule has 0 amide bonds. The quantitative estimate of drug-likeness (QED) is 0.292. The lowest BCUT2D eigenvalue weighted by Gasteiger charge is -2.25. The van der Waals surface area contributed by atoms with E-state index >= 15 is 0 Å². The maximum atomic E-state index is 9.67. The van der Waals surface area contributed by atoms with Gasteiger partial charge in [-0.15, -0.1) is 5.10 Å². The maximum absolute atomic E-state index is 9.67. The Morgan fingerprint density at radius 2 is 1.57 bits per heavy atom. The highest BCUT2D eigenvalue weighted by atomic mass is 16.5. The fourth-order valence-electron chi connectivity index (χ4n) is 3.86. The van der Waals surface area contributed by atoms with E-state index in [0.717, 1.165) is 33.7 Å². The van der Waals surface area contributed by atoms with Crippen LogP contribution in [0.5, 0.6) is 5.75 Å². The second-order valence-electron chi connectivity index (χ2n) is 8.00. The number of nitrogens with zero attached hydrogens (tertiary/aromatic N) is 5. The molecule has 0 saturated heterocycles. The molecule has 0 bridgehead atoms. The zero-order chi connectivity index (χ0) is 23.9. The molecule has 0 aliphatic carbocycles. The normalized spacial score (nSPS) is 10.5. The number of rotatable bonds is 8. The number of ether oxygens (including phenoxy) is 1. The van der Waals surface area contributed by atoms with Crippen LogP contribution in [0.15, 0.2) is 116 Å². The van der Waals surface area contributed by atoms with Crippen LogP contribution in [-0.2, 0) is 13.2 Å². The first-order valence-corrected chi connectivity index (χ1v) is 11.3. The molecule has 5 aromatic rings. The van der Waals surface area contributed by atoms with Gasteiger partial charge < -0.3 is 4.74 Å². The van der Waals surface area contributed by atoms with Crippen LogP contribution in [0.25, 0.3) is 11.1 Å². The number of anilines is 1. The number of hydrogen-bond acceptors (Lipinski definition) is 5. The van der Waals surface area contributed by atoms with Crippen LogP contribution >= 0.6 is 0 Å². The molecular formula is C29H23N5O. The molecule has 0 fully saturated rings. The van der Waals surface area contributed by atoms with Crippen molar-refractivity contribution in [3.63, 3.8) is 0 Å². The van der Waals surface area contributed by atoms with Crippen LogP contribution in [0.3, 0.4) is 0 Å². The summed E-state index contributed by atoms with van der Waals surface area (Å²) in [4.78, 5) is 5.83. The van der Waals surface area contributed by atoms with Crippen molar-refractivity contribution in [2.45, 2.75) is 13.2 Å². The van der Waals surface area contributed by atoms with Crippen LogP contribution < -0.4 is 9.75 Å². The number of aromatic nitrogens is 3. The Morgan fingerprint density at radius 1 is 0.829 bits per heavy atom. The molecule has 5 rings (SSSR count). The lowest BCUT2D eigenvalue weighted by molar-refractivity contribution is 0.306. The number of nitriles is 1.